The van der Waals surface area contributed by atoms with Crippen LogP contribution in [0.3, 0.4) is 0 Å². The van der Waals surface area contributed by atoms with Crippen molar-refractivity contribution in [1.29, 1.82) is 0 Å². The van der Waals surface area contributed by atoms with Gasteiger partial charge in [0.15, 0.2) is 0 Å². The molecule has 0 aromatic carbocycles. The molecule has 0 fully saturated rings. The maximum absolute atomic E-state index is 5.47. The fraction of sp³-hybridized carbons (Fsp3) is 0.800. The zero-order valence-electron chi connectivity index (χ0n) is 5.39. The molecule has 0 aliphatic heterocycles. The average molecular weight is 101 g/mol. The van der Waals surface area contributed by atoms with Gasteiger partial charge in [-0.1, -0.05) is 0 Å². The SMILES string of the molecule is [B]C(C)C([B])C(=[B])C. The fourth-order valence-electron chi connectivity index (χ4n) is 0.415. The van der Waals surface area contributed by atoms with Crippen LogP contribution in [0.4, 0.5) is 0 Å². The van der Waals surface area contributed by atoms with Crippen LogP contribution in [0.25, 0.3) is 0 Å². The van der Waals surface area contributed by atoms with Gasteiger partial charge >= 0.3 is 54.1 Å². The van der Waals surface area contributed by atoms with E-state index in [0.717, 1.165) is 0 Å². The minimum atomic E-state index is -0.157. The third kappa shape index (κ3) is 2.39. The van der Waals surface area contributed by atoms with Gasteiger partial charge in [-0.15, -0.1) is 0 Å². The van der Waals surface area contributed by atoms with Crippen molar-refractivity contribution in [2.75, 3.05) is 0 Å². The monoisotopic (exact) mass is 101 g/mol. The molecule has 2 unspecified atom stereocenters. The Hall–Kier alpha value is 0.0648. The molecule has 0 nitrogen and oxygen atoms in total. The first-order valence-electron chi connectivity index (χ1n) is 2.65. The second kappa shape index (κ2) is 3.16. The van der Waals surface area contributed by atoms with Crippen LogP contribution in [0.2, 0.25) is 11.6 Å². The zero-order valence-corrected chi connectivity index (χ0v) is 5.39. The first-order chi connectivity index (χ1) is 3.55. The van der Waals surface area contributed by atoms with Crippen LogP contribution >= 0.6 is 0 Å². The molecule has 0 saturated carbocycles. The molecular weight excluding hydrogens is 92.5 g/mol. The Kier molecular flexibility index (Phi) is 3.19. The Morgan fingerprint density at radius 1 is 1.38 bits per heavy atom. The summed E-state index contributed by atoms with van der Waals surface area (Å²) in [7, 11) is 16.2. The Morgan fingerprint density at radius 2 is 1.75 bits per heavy atom. The second-order valence-electron chi connectivity index (χ2n) is 2.13. The molecule has 0 aromatic heterocycles. The van der Waals surface area contributed by atoms with Gasteiger partial charge in [-0.25, -0.2) is 0 Å². The summed E-state index contributed by atoms with van der Waals surface area (Å²) in [5.74, 6) is -0.199. The molecule has 0 heterocycles. The molecule has 0 spiro atoms. The van der Waals surface area contributed by atoms with Crippen LogP contribution in [0.15, 0.2) is 0 Å². The Morgan fingerprint density at radius 3 is 1.75 bits per heavy atom. The quantitative estimate of drug-likeness (QED) is 0.438. The third-order valence-corrected chi connectivity index (χ3v) is 1.09. The normalized spacial score (nSPS) is 17.1. The number of hydrogen-bond acceptors (Lipinski definition) is 0. The standard InChI is InChI=1S/C5H8B3/c1-3(6)5(8)4(2)7/h3,5H,1-2H3. The van der Waals surface area contributed by atoms with Crippen molar-refractivity contribution < 1.29 is 0 Å². The van der Waals surface area contributed by atoms with Crippen molar-refractivity contribution in [3.63, 3.8) is 0 Å². The molecule has 0 aromatic rings. The summed E-state index contributed by atoms with van der Waals surface area (Å²) in [4.78, 5) is 0. The molecule has 0 amide bonds. The van der Waals surface area contributed by atoms with Gasteiger partial charge < -0.3 is 0 Å². The summed E-state index contributed by atoms with van der Waals surface area (Å²) in [5, 5.41) is 0. The molecule has 0 rings (SSSR count). The summed E-state index contributed by atoms with van der Waals surface area (Å²) in [6.07, 6.45) is 0. The fourth-order valence-corrected chi connectivity index (χ4v) is 0.415. The predicted octanol–water partition coefficient (Wildman–Crippen LogP) is 0.281. The van der Waals surface area contributed by atoms with Crippen molar-refractivity contribution >= 4 is 28.6 Å². The molecule has 0 saturated heterocycles. The molecule has 8 heavy (non-hydrogen) atoms. The van der Waals surface area contributed by atoms with Crippen molar-refractivity contribution in [3.8, 4) is 0 Å². The Bertz CT molecular complexity index is 87.7. The summed E-state index contributed by atoms with van der Waals surface area (Å²) in [5.41, 5.74) is 0.694. The van der Waals surface area contributed by atoms with Gasteiger partial charge in [-0.2, -0.15) is 0 Å². The van der Waals surface area contributed by atoms with Gasteiger partial charge in [0.2, 0.25) is 0 Å². The molecule has 0 aliphatic rings. The third-order valence-electron chi connectivity index (χ3n) is 1.09. The van der Waals surface area contributed by atoms with E-state index < -0.39 is 0 Å². The average Bonchev–Trinajstić information content (AvgIpc) is 1.64. The van der Waals surface area contributed by atoms with E-state index in [9.17, 15) is 0 Å². The van der Waals surface area contributed by atoms with Crippen LogP contribution in [-0.4, -0.2) is 28.6 Å². The van der Waals surface area contributed by atoms with Gasteiger partial charge in [0.25, 0.3) is 0 Å². The first kappa shape index (κ1) is 8.06. The van der Waals surface area contributed by atoms with Crippen molar-refractivity contribution in [2.24, 2.45) is 0 Å². The molecule has 37 valence electrons. The van der Waals surface area contributed by atoms with Crippen molar-refractivity contribution in [1.82, 2.24) is 0 Å². The zero-order chi connectivity index (χ0) is 6.73. The van der Waals surface area contributed by atoms with E-state index in [0.29, 0.717) is 5.46 Å². The Balaban J connectivity index is 3.64. The second-order valence-corrected chi connectivity index (χ2v) is 2.13. The van der Waals surface area contributed by atoms with Crippen LogP contribution in [0.1, 0.15) is 13.8 Å². The number of hydrogen-bond donors (Lipinski definition) is 0. The van der Waals surface area contributed by atoms with Gasteiger partial charge in [-0.3, -0.25) is 0 Å². The van der Waals surface area contributed by atoms with Crippen molar-refractivity contribution in [3.05, 3.63) is 0 Å². The summed E-state index contributed by atoms with van der Waals surface area (Å²) in [6.45, 7) is 3.61. The first-order valence-corrected chi connectivity index (χ1v) is 2.65. The minimum absolute atomic E-state index is 0.0417. The van der Waals surface area contributed by atoms with Gasteiger partial charge in [-0.05, 0) is 0 Å². The van der Waals surface area contributed by atoms with Crippen molar-refractivity contribution in [2.45, 2.75) is 25.5 Å². The van der Waals surface area contributed by atoms with Gasteiger partial charge in [0, 0.05) is 0 Å². The van der Waals surface area contributed by atoms with Gasteiger partial charge in [0.05, 0.1) is 0 Å². The van der Waals surface area contributed by atoms with E-state index in [1.165, 1.54) is 0 Å². The predicted molar refractivity (Wildman–Crippen MR) is 41.1 cm³/mol. The Labute approximate surface area is 54.9 Å². The van der Waals surface area contributed by atoms with E-state index >= 15 is 0 Å². The summed E-state index contributed by atoms with van der Waals surface area (Å²) >= 11 is 0. The molecule has 0 N–H and O–H groups in total. The summed E-state index contributed by atoms with van der Waals surface area (Å²) < 4.78 is 0. The van der Waals surface area contributed by atoms with Crippen LogP contribution in [0, 0.1) is 0 Å². The molecule has 0 aliphatic carbocycles. The van der Waals surface area contributed by atoms with Crippen LogP contribution in [0.5, 0.6) is 0 Å². The van der Waals surface area contributed by atoms with E-state index in [1.807, 2.05) is 6.92 Å². The molecular formula is C5H8B3. The van der Waals surface area contributed by atoms with E-state index in [1.54, 1.807) is 6.92 Å². The topological polar surface area (TPSA) is 0 Å². The van der Waals surface area contributed by atoms with Crippen LogP contribution < -0.4 is 0 Å². The van der Waals surface area contributed by atoms with E-state index in [-0.39, 0.29) is 11.6 Å². The molecule has 2 atom stereocenters. The van der Waals surface area contributed by atoms with E-state index in [2.05, 4.69) is 0 Å². The van der Waals surface area contributed by atoms with E-state index in [4.69, 9.17) is 23.2 Å². The number of rotatable bonds is 2. The van der Waals surface area contributed by atoms with Gasteiger partial charge in [0.1, 0.15) is 0 Å². The molecule has 0 bridgehead atoms. The van der Waals surface area contributed by atoms with Crippen LogP contribution in [-0.2, 0) is 0 Å². The maximum atomic E-state index is 5.47. The summed E-state index contributed by atoms with van der Waals surface area (Å²) in [6, 6.07) is 0. The molecule has 5 radical (unpaired) electrons. The molecule has 3 heteroatoms.